The SMILES string of the molecule is Cc1ccc(SCC(=O)OCC(=O)Nc2ccc([N+](=O)[O-])cc2C#N)c(C)c1. The lowest BCUT2D eigenvalue weighted by molar-refractivity contribution is -0.384. The van der Waals surface area contributed by atoms with Gasteiger partial charge in [-0.25, -0.2) is 0 Å². The fourth-order valence-corrected chi connectivity index (χ4v) is 3.13. The van der Waals surface area contributed by atoms with E-state index in [1.165, 1.54) is 23.9 Å². The Morgan fingerprint density at radius 1 is 1.25 bits per heavy atom. The van der Waals surface area contributed by atoms with Gasteiger partial charge < -0.3 is 10.1 Å². The third kappa shape index (κ3) is 5.82. The van der Waals surface area contributed by atoms with Crippen LogP contribution in [0.5, 0.6) is 0 Å². The van der Waals surface area contributed by atoms with Crippen LogP contribution in [0.1, 0.15) is 16.7 Å². The van der Waals surface area contributed by atoms with Crippen LogP contribution in [-0.4, -0.2) is 29.2 Å². The molecule has 0 aliphatic heterocycles. The Labute approximate surface area is 165 Å². The summed E-state index contributed by atoms with van der Waals surface area (Å²) in [5, 5.41) is 22.2. The lowest BCUT2D eigenvalue weighted by atomic mass is 10.1. The molecule has 0 aliphatic carbocycles. The Morgan fingerprint density at radius 2 is 2.00 bits per heavy atom. The van der Waals surface area contributed by atoms with Gasteiger partial charge in [0.2, 0.25) is 0 Å². The average Bonchev–Trinajstić information content (AvgIpc) is 2.65. The normalized spacial score (nSPS) is 10.0. The molecule has 0 unspecified atom stereocenters. The van der Waals surface area contributed by atoms with Gasteiger partial charge in [0.05, 0.1) is 21.9 Å². The molecular formula is C19H17N3O5S. The highest BCUT2D eigenvalue weighted by Gasteiger charge is 2.14. The summed E-state index contributed by atoms with van der Waals surface area (Å²) in [5.74, 6) is -1.14. The van der Waals surface area contributed by atoms with E-state index in [4.69, 9.17) is 10.00 Å². The third-order valence-electron chi connectivity index (χ3n) is 3.65. The van der Waals surface area contributed by atoms with Crippen molar-refractivity contribution in [1.29, 1.82) is 5.26 Å². The number of hydrogen-bond acceptors (Lipinski definition) is 7. The largest absolute Gasteiger partial charge is 0.455 e. The maximum atomic E-state index is 11.9. The maximum absolute atomic E-state index is 11.9. The highest BCUT2D eigenvalue weighted by Crippen LogP contribution is 2.23. The first-order valence-corrected chi connectivity index (χ1v) is 9.12. The number of benzene rings is 2. The van der Waals surface area contributed by atoms with Crippen LogP contribution in [0.2, 0.25) is 0 Å². The van der Waals surface area contributed by atoms with Crippen LogP contribution in [0.4, 0.5) is 11.4 Å². The van der Waals surface area contributed by atoms with E-state index < -0.39 is 23.4 Å². The van der Waals surface area contributed by atoms with E-state index in [9.17, 15) is 19.7 Å². The molecule has 28 heavy (non-hydrogen) atoms. The molecule has 2 aromatic carbocycles. The number of rotatable bonds is 7. The minimum absolute atomic E-state index is 0.0537. The average molecular weight is 399 g/mol. The quantitative estimate of drug-likeness (QED) is 0.328. The molecular weight excluding hydrogens is 382 g/mol. The van der Waals surface area contributed by atoms with Gasteiger partial charge in [-0.2, -0.15) is 5.26 Å². The zero-order valence-electron chi connectivity index (χ0n) is 15.2. The van der Waals surface area contributed by atoms with Crippen molar-refractivity contribution in [2.24, 2.45) is 0 Å². The molecule has 0 radical (unpaired) electrons. The summed E-state index contributed by atoms with van der Waals surface area (Å²) in [6.07, 6.45) is 0. The summed E-state index contributed by atoms with van der Waals surface area (Å²) in [6.45, 7) is 3.41. The second-order valence-electron chi connectivity index (χ2n) is 5.87. The van der Waals surface area contributed by atoms with Crippen LogP contribution in [0.3, 0.4) is 0 Å². The Morgan fingerprint density at radius 3 is 2.64 bits per heavy atom. The van der Waals surface area contributed by atoms with Crippen LogP contribution >= 0.6 is 11.8 Å². The van der Waals surface area contributed by atoms with Crippen LogP contribution < -0.4 is 5.32 Å². The van der Waals surface area contributed by atoms with Crippen molar-refractivity contribution in [2.45, 2.75) is 18.7 Å². The van der Waals surface area contributed by atoms with Crippen molar-refractivity contribution < 1.29 is 19.2 Å². The second kappa shape index (κ2) is 9.53. The van der Waals surface area contributed by atoms with Crippen LogP contribution in [-0.2, 0) is 14.3 Å². The lowest BCUT2D eigenvalue weighted by Gasteiger charge is -2.09. The number of nitro benzene ring substituents is 1. The predicted octanol–water partition coefficient (Wildman–Crippen LogP) is 3.36. The van der Waals surface area contributed by atoms with Gasteiger partial charge in [0.1, 0.15) is 6.07 Å². The number of amides is 1. The highest BCUT2D eigenvalue weighted by atomic mass is 32.2. The van der Waals surface area contributed by atoms with E-state index >= 15 is 0 Å². The van der Waals surface area contributed by atoms with Gasteiger partial charge in [0.25, 0.3) is 11.6 Å². The van der Waals surface area contributed by atoms with E-state index in [1.54, 1.807) is 6.07 Å². The highest BCUT2D eigenvalue weighted by molar-refractivity contribution is 8.00. The molecule has 1 N–H and O–H groups in total. The van der Waals surface area contributed by atoms with Gasteiger partial charge in [-0.15, -0.1) is 11.8 Å². The third-order valence-corrected chi connectivity index (χ3v) is 4.80. The predicted molar refractivity (Wildman–Crippen MR) is 104 cm³/mol. The van der Waals surface area contributed by atoms with Crippen molar-refractivity contribution >= 4 is 35.0 Å². The molecule has 1 amide bonds. The Hall–Kier alpha value is -3.38. The number of nitriles is 1. The molecule has 0 aliphatic rings. The number of nitro groups is 1. The molecule has 2 aromatic rings. The van der Waals surface area contributed by atoms with Crippen molar-refractivity contribution in [3.63, 3.8) is 0 Å². The molecule has 8 nitrogen and oxygen atoms in total. The second-order valence-corrected chi connectivity index (χ2v) is 6.88. The number of ether oxygens (including phenoxy) is 1. The zero-order valence-corrected chi connectivity index (χ0v) is 16.0. The fraction of sp³-hybridized carbons (Fsp3) is 0.211. The van der Waals surface area contributed by atoms with Crippen LogP contribution in [0.25, 0.3) is 0 Å². The molecule has 0 heterocycles. The van der Waals surface area contributed by atoms with Gasteiger partial charge in [0.15, 0.2) is 6.61 Å². The molecule has 0 saturated carbocycles. The monoisotopic (exact) mass is 399 g/mol. The summed E-state index contributed by atoms with van der Waals surface area (Å²) < 4.78 is 4.93. The number of aryl methyl sites for hydroxylation is 2. The minimum atomic E-state index is -0.643. The Bertz CT molecular complexity index is 969. The van der Waals surface area contributed by atoms with E-state index in [0.717, 1.165) is 22.1 Å². The van der Waals surface area contributed by atoms with Gasteiger partial charge >= 0.3 is 5.97 Å². The first kappa shape index (κ1) is 20.9. The summed E-state index contributed by atoms with van der Waals surface area (Å²) in [6, 6.07) is 11.1. The molecule has 0 spiro atoms. The molecule has 2 rings (SSSR count). The fourth-order valence-electron chi connectivity index (χ4n) is 2.32. The molecule has 0 aromatic heterocycles. The van der Waals surface area contributed by atoms with Crippen molar-refractivity contribution in [1.82, 2.24) is 0 Å². The summed E-state index contributed by atoms with van der Waals surface area (Å²) in [4.78, 5) is 34.8. The number of carbonyl (C=O) groups excluding carboxylic acids is 2. The minimum Gasteiger partial charge on any atom is -0.455 e. The van der Waals surface area contributed by atoms with Crippen LogP contribution in [0.15, 0.2) is 41.3 Å². The van der Waals surface area contributed by atoms with Crippen molar-refractivity contribution in [3.8, 4) is 6.07 Å². The Kier molecular flexibility index (Phi) is 7.12. The number of nitrogens with one attached hydrogen (secondary N) is 1. The van der Waals surface area contributed by atoms with Gasteiger partial charge in [0, 0.05) is 17.0 Å². The molecule has 0 saturated heterocycles. The number of carbonyl (C=O) groups is 2. The standard InChI is InChI=1S/C19H17N3O5S/c1-12-3-6-17(13(2)7-12)28-11-19(24)27-10-18(23)21-16-5-4-15(22(25)26)8-14(16)9-20/h3-8H,10-11H2,1-2H3,(H,21,23). The van der Waals surface area contributed by atoms with E-state index in [2.05, 4.69) is 5.32 Å². The zero-order chi connectivity index (χ0) is 20.7. The number of non-ortho nitro benzene ring substituents is 1. The Balaban J connectivity index is 1.86. The number of nitrogens with zero attached hydrogens (tertiary/aromatic N) is 2. The molecule has 9 heteroatoms. The smallest absolute Gasteiger partial charge is 0.316 e. The lowest BCUT2D eigenvalue weighted by Crippen LogP contribution is -2.22. The number of esters is 1. The summed E-state index contributed by atoms with van der Waals surface area (Å²) in [7, 11) is 0. The van der Waals surface area contributed by atoms with Crippen molar-refractivity contribution in [3.05, 3.63) is 63.2 Å². The maximum Gasteiger partial charge on any atom is 0.316 e. The van der Waals surface area contributed by atoms with E-state index in [-0.39, 0.29) is 22.7 Å². The topological polar surface area (TPSA) is 122 Å². The first-order valence-electron chi connectivity index (χ1n) is 8.14. The van der Waals surface area contributed by atoms with Gasteiger partial charge in [-0.3, -0.25) is 19.7 Å². The van der Waals surface area contributed by atoms with Gasteiger partial charge in [-0.1, -0.05) is 17.7 Å². The molecule has 144 valence electrons. The molecule has 0 atom stereocenters. The van der Waals surface area contributed by atoms with Gasteiger partial charge in [-0.05, 0) is 31.5 Å². The van der Waals surface area contributed by atoms with E-state index in [1.807, 2.05) is 32.0 Å². The first-order chi connectivity index (χ1) is 13.3. The summed E-state index contributed by atoms with van der Waals surface area (Å²) in [5.41, 5.74) is 1.98. The van der Waals surface area contributed by atoms with Crippen LogP contribution in [0, 0.1) is 35.3 Å². The summed E-state index contributed by atoms with van der Waals surface area (Å²) >= 11 is 1.32. The van der Waals surface area contributed by atoms with E-state index in [0.29, 0.717) is 0 Å². The number of thioether (sulfide) groups is 1. The number of anilines is 1. The molecule has 0 fully saturated rings. The number of hydrogen-bond donors (Lipinski definition) is 1. The van der Waals surface area contributed by atoms with Crippen molar-refractivity contribution in [2.75, 3.05) is 17.7 Å². The molecule has 0 bridgehead atoms.